The fourth-order valence-corrected chi connectivity index (χ4v) is 0.812. The van der Waals surface area contributed by atoms with Crippen molar-refractivity contribution in [2.75, 3.05) is 12.1 Å². The van der Waals surface area contributed by atoms with Crippen molar-refractivity contribution < 1.29 is 9.18 Å². The second kappa shape index (κ2) is 4.45. The zero-order chi connectivity index (χ0) is 9.68. The first-order chi connectivity index (χ1) is 6.22. The number of halogens is 1. The zero-order valence-corrected chi connectivity index (χ0v) is 7.30. The van der Waals surface area contributed by atoms with Gasteiger partial charge in [-0.3, -0.25) is 15.6 Å². The molecule has 0 bridgehead atoms. The van der Waals surface area contributed by atoms with E-state index in [9.17, 15) is 9.18 Å². The lowest BCUT2D eigenvalue weighted by Crippen LogP contribution is -2.30. The smallest absolute Gasteiger partial charge is 0.269 e. The maximum atomic E-state index is 11.7. The van der Waals surface area contributed by atoms with Crippen molar-refractivity contribution in [1.82, 2.24) is 5.43 Å². The normalized spacial score (nSPS) is 9.38. The number of hydrogen-bond acceptors (Lipinski definition) is 2. The minimum Gasteiger partial charge on any atom is -0.299 e. The highest BCUT2D eigenvalue weighted by molar-refractivity contribution is 5.78. The molecule has 1 amide bonds. The van der Waals surface area contributed by atoms with Crippen LogP contribution < -0.4 is 10.9 Å². The van der Waals surface area contributed by atoms with Crippen molar-refractivity contribution in [2.45, 2.75) is 6.92 Å². The number of aryl methyl sites for hydroxylation is 1. The maximum Gasteiger partial charge on any atom is 0.269 e. The molecule has 0 aliphatic heterocycles. The average molecular weight is 182 g/mol. The monoisotopic (exact) mass is 182 g/mol. The number of anilines is 1. The van der Waals surface area contributed by atoms with Gasteiger partial charge in [-0.2, -0.15) is 0 Å². The number of nitrogens with one attached hydrogen (secondary N) is 2. The average Bonchev–Trinajstić information content (AvgIpc) is 2.16. The van der Waals surface area contributed by atoms with Crippen molar-refractivity contribution in [3.8, 4) is 0 Å². The SMILES string of the molecule is Cc1ccc(NNC(=O)CF)cc1. The number of rotatable bonds is 3. The van der Waals surface area contributed by atoms with E-state index < -0.39 is 12.6 Å². The third-order valence-corrected chi connectivity index (χ3v) is 1.52. The van der Waals surface area contributed by atoms with Gasteiger partial charge in [-0.05, 0) is 19.1 Å². The highest BCUT2D eigenvalue weighted by Crippen LogP contribution is 2.06. The van der Waals surface area contributed by atoms with Gasteiger partial charge < -0.3 is 0 Å². The fourth-order valence-electron chi connectivity index (χ4n) is 0.812. The molecule has 70 valence electrons. The van der Waals surface area contributed by atoms with Gasteiger partial charge in [0.2, 0.25) is 0 Å². The first kappa shape index (κ1) is 9.51. The molecule has 0 saturated carbocycles. The molecule has 0 unspecified atom stereocenters. The summed E-state index contributed by atoms with van der Waals surface area (Å²) >= 11 is 0. The zero-order valence-electron chi connectivity index (χ0n) is 7.30. The summed E-state index contributed by atoms with van der Waals surface area (Å²) < 4.78 is 11.7. The van der Waals surface area contributed by atoms with Crippen molar-refractivity contribution in [2.24, 2.45) is 0 Å². The Bertz CT molecular complexity index is 284. The molecule has 0 saturated heterocycles. The number of carbonyl (C=O) groups excluding carboxylic acids is 1. The molecule has 4 heteroatoms. The molecule has 0 heterocycles. The highest BCUT2D eigenvalue weighted by Gasteiger charge is 1.97. The van der Waals surface area contributed by atoms with E-state index in [1.165, 1.54) is 0 Å². The van der Waals surface area contributed by atoms with Crippen LogP contribution in [-0.2, 0) is 4.79 Å². The first-order valence-electron chi connectivity index (χ1n) is 3.90. The molecule has 0 spiro atoms. The van der Waals surface area contributed by atoms with Crippen LogP contribution in [0.25, 0.3) is 0 Å². The predicted molar refractivity (Wildman–Crippen MR) is 48.9 cm³/mol. The Balaban J connectivity index is 2.46. The summed E-state index contributed by atoms with van der Waals surface area (Å²) in [6, 6.07) is 7.38. The summed E-state index contributed by atoms with van der Waals surface area (Å²) in [5.74, 6) is -0.680. The van der Waals surface area contributed by atoms with Crippen LogP contribution in [-0.4, -0.2) is 12.6 Å². The van der Waals surface area contributed by atoms with Crippen LogP contribution in [0.4, 0.5) is 10.1 Å². The Hall–Kier alpha value is -1.58. The van der Waals surface area contributed by atoms with E-state index in [0.717, 1.165) is 11.3 Å². The standard InChI is InChI=1S/C9H11FN2O/c1-7-2-4-8(5-3-7)11-12-9(13)6-10/h2-5,11H,6H2,1H3,(H,12,13). The Morgan fingerprint density at radius 1 is 1.38 bits per heavy atom. The number of carbonyl (C=O) groups is 1. The number of hydrazine groups is 1. The van der Waals surface area contributed by atoms with E-state index in [4.69, 9.17) is 0 Å². The lowest BCUT2D eigenvalue weighted by atomic mass is 10.2. The molecule has 0 aromatic heterocycles. The third kappa shape index (κ3) is 3.11. The number of alkyl halides is 1. The summed E-state index contributed by atoms with van der Waals surface area (Å²) in [4.78, 5) is 10.5. The quantitative estimate of drug-likeness (QED) is 0.694. The van der Waals surface area contributed by atoms with Gasteiger partial charge in [0.1, 0.15) is 0 Å². The van der Waals surface area contributed by atoms with Gasteiger partial charge in [-0.1, -0.05) is 17.7 Å². The molecule has 2 N–H and O–H groups in total. The summed E-state index contributed by atoms with van der Waals surface area (Å²) in [5.41, 5.74) is 6.64. The third-order valence-electron chi connectivity index (χ3n) is 1.52. The van der Waals surface area contributed by atoms with Crippen LogP contribution in [0.1, 0.15) is 5.56 Å². The van der Waals surface area contributed by atoms with Crippen LogP contribution in [0.2, 0.25) is 0 Å². The van der Waals surface area contributed by atoms with Gasteiger partial charge in [0.25, 0.3) is 5.91 Å². The van der Waals surface area contributed by atoms with Crippen LogP contribution >= 0.6 is 0 Å². The predicted octanol–water partition coefficient (Wildman–Crippen LogP) is 1.41. The van der Waals surface area contributed by atoms with Gasteiger partial charge in [0, 0.05) is 0 Å². The highest BCUT2D eigenvalue weighted by atomic mass is 19.1. The topological polar surface area (TPSA) is 41.1 Å². The first-order valence-corrected chi connectivity index (χ1v) is 3.90. The van der Waals surface area contributed by atoms with Crippen molar-refractivity contribution >= 4 is 11.6 Å². The van der Waals surface area contributed by atoms with E-state index in [-0.39, 0.29) is 0 Å². The van der Waals surface area contributed by atoms with Crippen LogP contribution in [0.3, 0.4) is 0 Å². The van der Waals surface area contributed by atoms with Crippen molar-refractivity contribution in [3.63, 3.8) is 0 Å². The molecule has 1 aromatic carbocycles. The Morgan fingerprint density at radius 2 is 2.00 bits per heavy atom. The van der Waals surface area contributed by atoms with E-state index >= 15 is 0 Å². The molecular formula is C9H11FN2O. The van der Waals surface area contributed by atoms with Gasteiger partial charge in [0.05, 0.1) is 5.69 Å². The molecule has 0 fully saturated rings. The molecule has 1 rings (SSSR count). The fraction of sp³-hybridized carbons (Fsp3) is 0.222. The lowest BCUT2D eigenvalue weighted by Gasteiger charge is -2.06. The van der Waals surface area contributed by atoms with Gasteiger partial charge in [-0.25, -0.2) is 4.39 Å². The number of hydrogen-bond donors (Lipinski definition) is 2. The Kier molecular flexibility index (Phi) is 3.25. The molecule has 0 aliphatic rings. The molecule has 0 aliphatic carbocycles. The van der Waals surface area contributed by atoms with E-state index in [1.807, 2.05) is 19.1 Å². The number of benzene rings is 1. The lowest BCUT2D eigenvalue weighted by molar-refractivity contribution is -0.121. The maximum absolute atomic E-state index is 11.7. The largest absolute Gasteiger partial charge is 0.299 e. The summed E-state index contributed by atoms with van der Waals surface area (Å²) in [5, 5.41) is 0. The van der Waals surface area contributed by atoms with Gasteiger partial charge in [0.15, 0.2) is 6.67 Å². The van der Waals surface area contributed by atoms with Crippen LogP contribution in [0.15, 0.2) is 24.3 Å². The van der Waals surface area contributed by atoms with Crippen molar-refractivity contribution in [3.05, 3.63) is 29.8 Å². The summed E-state index contributed by atoms with van der Waals surface area (Å²) in [7, 11) is 0. The minimum absolute atomic E-state index is 0.680. The van der Waals surface area contributed by atoms with Crippen LogP contribution in [0.5, 0.6) is 0 Å². The second-order valence-electron chi connectivity index (χ2n) is 2.67. The molecular weight excluding hydrogens is 171 g/mol. The molecule has 0 radical (unpaired) electrons. The van der Waals surface area contributed by atoms with Gasteiger partial charge >= 0.3 is 0 Å². The molecule has 0 atom stereocenters. The minimum atomic E-state index is -1.02. The molecule has 3 nitrogen and oxygen atoms in total. The number of amides is 1. The van der Waals surface area contributed by atoms with E-state index in [0.29, 0.717) is 0 Å². The van der Waals surface area contributed by atoms with Gasteiger partial charge in [-0.15, -0.1) is 0 Å². The van der Waals surface area contributed by atoms with Crippen LogP contribution in [0, 0.1) is 6.92 Å². The Labute approximate surface area is 75.9 Å². The summed E-state index contributed by atoms with van der Waals surface area (Å²) in [6.45, 7) is 0.947. The summed E-state index contributed by atoms with van der Waals surface area (Å²) in [6.07, 6.45) is 0. The second-order valence-corrected chi connectivity index (χ2v) is 2.67. The Morgan fingerprint density at radius 3 is 2.54 bits per heavy atom. The molecule has 1 aromatic rings. The molecule has 13 heavy (non-hydrogen) atoms. The van der Waals surface area contributed by atoms with Crippen molar-refractivity contribution in [1.29, 1.82) is 0 Å². The van der Waals surface area contributed by atoms with E-state index in [1.54, 1.807) is 12.1 Å². The van der Waals surface area contributed by atoms with E-state index in [2.05, 4.69) is 10.9 Å².